The summed E-state index contributed by atoms with van der Waals surface area (Å²) < 4.78 is 13.4. The number of carbonyl (C=O) groups excluding carboxylic acids is 1. The highest BCUT2D eigenvalue weighted by Gasteiger charge is 2.35. The lowest BCUT2D eigenvalue weighted by Crippen LogP contribution is -2.39. The molecule has 6 rings (SSSR count). The molecule has 5 aromatic rings. The van der Waals surface area contributed by atoms with Crippen LogP contribution in [-0.2, 0) is 9.53 Å². The first kappa shape index (κ1) is 28.2. The van der Waals surface area contributed by atoms with E-state index in [9.17, 15) is 9.59 Å². The molecule has 1 atom stereocenters. The Kier molecular flexibility index (Phi) is 7.92. The maximum absolute atomic E-state index is 14.0. The van der Waals surface area contributed by atoms with E-state index < -0.39 is 12.0 Å². The van der Waals surface area contributed by atoms with Gasteiger partial charge in [-0.2, -0.15) is 0 Å². The number of carbonyl (C=O) groups is 1. The maximum Gasteiger partial charge on any atom is 0.338 e. The van der Waals surface area contributed by atoms with Crippen LogP contribution in [-0.4, -0.2) is 17.1 Å². The van der Waals surface area contributed by atoms with Gasteiger partial charge in [0.25, 0.3) is 5.56 Å². The number of esters is 1. The summed E-state index contributed by atoms with van der Waals surface area (Å²) in [6.07, 6.45) is 1.67. The van der Waals surface area contributed by atoms with Crippen molar-refractivity contribution in [3.8, 4) is 11.3 Å². The highest BCUT2D eigenvalue weighted by Crippen LogP contribution is 2.35. The van der Waals surface area contributed by atoms with Gasteiger partial charge in [-0.15, -0.1) is 0 Å². The molecular weight excluding hydrogens is 615 g/mol. The highest BCUT2D eigenvalue weighted by molar-refractivity contribution is 7.07. The SMILES string of the molecule is CCOC(=O)C1=C(c2ccccc2)N=c2sc(=Cc3ccc(-c4ccc(Cl)c(Cl)c4)o3)c(=O)n2C1c1ccc(Cl)cc1. The van der Waals surface area contributed by atoms with E-state index in [0.29, 0.717) is 47.2 Å². The minimum atomic E-state index is -0.793. The summed E-state index contributed by atoms with van der Waals surface area (Å²) in [5.41, 5.74) is 2.57. The van der Waals surface area contributed by atoms with E-state index >= 15 is 0 Å². The number of hydrogen-bond donors (Lipinski definition) is 0. The van der Waals surface area contributed by atoms with E-state index in [4.69, 9.17) is 48.9 Å². The summed E-state index contributed by atoms with van der Waals surface area (Å²) >= 11 is 19.6. The lowest BCUT2D eigenvalue weighted by Gasteiger charge is -2.25. The summed E-state index contributed by atoms with van der Waals surface area (Å²) in [6.45, 7) is 1.91. The fourth-order valence-electron chi connectivity index (χ4n) is 4.77. The zero-order chi connectivity index (χ0) is 29.4. The number of halogens is 3. The van der Waals surface area contributed by atoms with Gasteiger partial charge in [0.2, 0.25) is 0 Å². The van der Waals surface area contributed by atoms with Crippen LogP contribution in [0.3, 0.4) is 0 Å². The van der Waals surface area contributed by atoms with E-state index in [1.54, 1.807) is 67.6 Å². The fourth-order valence-corrected chi connectivity index (χ4v) is 6.17. The van der Waals surface area contributed by atoms with E-state index in [0.717, 1.165) is 11.1 Å². The second kappa shape index (κ2) is 11.8. The van der Waals surface area contributed by atoms with E-state index in [-0.39, 0.29) is 17.7 Å². The van der Waals surface area contributed by atoms with E-state index in [2.05, 4.69) is 0 Å². The highest BCUT2D eigenvalue weighted by atomic mass is 35.5. The first-order chi connectivity index (χ1) is 20.3. The Labute approximate surface area is 259 Å². The van der Waals surface area contributed by atoms with Crippen LogP contribution in [0.25, 0.3) is 23.1 Å². The topological polar surface area (TPSA) is 73.8 Å². The molecule has 0 N–H and O–H groups in total. The van der Waals surface area contributed by atoms with Crippen LogP contribution < -0.4 is 14.9 Å². The molecule has 3 aromatic carbocycles. The summed E-state index contributed by atoms with van der Waals surface area (Å²) in [5, 5.41) is 1.39. The molecule has 0 spiro atoms. The standard InChI is InChI=1S/C32H21Cl3N2O4S/c1-2-40-31(39)27-28(18-6-4-3-5-7-18)36-32-37(29(27)19-8-11-21(33)12-9-19)30(38)26(42-32)17-22-13-15-25(41-22)20-10-14-23(34)24(35)16-20/h3-17,29H,2H2,1H3. The van der Waals surface area contributed by atoms with Gasteiger partial charge in [0.1, 0.15) is 11.5 Å². The average Bonchev–Trinajstić information content (AvgIpc) is 3.59. The van der Waals surface area contributed by atoms with Gasteiger partial charge in [-0.3, -0.25) is 9.36 Å². The number of rotatable bonds is 6. The predicted octanol–water partition coefficient (Wildman–Crippen LogP) is 7.16. The van der Waals surface area contributed by atoms with Crippen molar-refractivity contribution in [3.05, 3.63) is 142 Å². The molecule has 1 aliphatic rings. The smallest absolute Gasteiger partial charge is 0.338 e. The summed E-state index contributed by atoms with van der Waals surface area (Å²) in [7, 11) is 0. The molecular formula is C32H21Cl3N2O4S. The third kappa shape index (κ3) is 5.37. The first-order valence-corrected chi connectivity index (χ1v) is 14.9. The molecule has 6 nitrogen and oxygen atoms in total. The Morgan fingerprint density at radius 1 is 0.976 bits per heavy atom. The van der Waals surface area contributed by atoms with Gasteiger partial charge < -0.3 is 9.15 Å². The number of ether oxygens (including phenoxy) is 1. The van der Waals surface area contributed by atoms with Crippen LogP contribution in [0.2, 0.25) is 15.1 Å². The molecule has 0 amide bonds. The Hall–Kier alpha value is -3.88. The molecule has 0 fully saturated rings. The Morgan fingerprint density at radius 2 is 1.74 bits per heavy atom. The first-order valence-electron chi connectivity index (χ1n) is 12.9. The number of nitrogens with zero attached hydrogens (tertiary/aromatic N) is 2. The summed E-state index contributed by atoms with van der Waals surface area (Å²) in [6, 6.07) is 24.4. The lowest BCUT2D eigenvalue weighted by atomic mass is 9.93. The molecule has 0 saturated carbocycles. The number of fused-ring (bicyclic) bond motifs is 1. The minimum absolute atomic E-state index is 0.168. The van der Waals surface area contributed by atoms with Gasteiger partial charge in [-0.1, -0.05) is 88.6 Å². The molecule has 0 aliphatic carbocycles. The number of furan rings is 1. The van der Waals surface area contributed by atoms with Crippen molar-refractivity contribution in [2.24, 2.45) is 4.99 Å². The largest absolute Gasteiger partial charge is 0.463 e. The van der Waals surface area contributed by atoms with Crippen molar-refractivity contribution >= 4 is 63.9 Å². The zero-order valence-corrected chi connectivity index (χ0v) is 25.1. The monoisotopic (exact) mass is 634 g/mol. The summed E-state index contributed by atoms with van der Waals surface area (Å²) in [5.74, 6) is 0.492. The minimum Gasteiger partial charge on any atom is -0.463 e. The zero-order valence-electron chi connectivity index (χ0n) is 22.0. The van der Waals surface area contributed by atoms with Crippen LogP contribution in [0.4, 0.5) is 0 Å². The Balaban J connectivity index is 1.55. The molecule has 0 bridgehead atoms. The fraction of sp³-hybridized carbons (Fsp3) is 0.0938. The molecule has 0 saturated heterocycles. The third-order valence-corrected chi connectivity index (χ3v) is 8.64. The van der Waals surface area contributed by atoms with Gasteiger partial charge in [0.05, 0.1) is 38.5 Å². The molecule has 42 heavy (non-hydrogen) atoms. The van der Waals surface area contributed by atoms with E-state index in [1.165, 1.54) is 15.9 Å². The van der Waals surface area contributed by atoms with Crippen molar-refractivity contribution in [2.45, 2.75) is 13.0 Å². The molecule has 210 valence electrons. The van der Waals surface area contributed by atoms with Crippen LogP contribution in [0.5, 0.6) is 0 Å². The quantitative estimate of drug-likeness (QED) is 0.186. The molecule has 1 unspecified atom stereocenters. The van der Waals surface area contributed by atoms with Gasteiger partial charge in [-0.05, 0) is 55.0 Å². The van der Waals surface area contributed by atoms with Crippen molar-refractivity contribution in [2.75, 3.05) is 6.61 Å². The maximum atomic E-state index is 14.0. The van der Waals surface area contributed by atoms with Gasteiger partial charge in [0.15, 0.2) is 4.80 Å². The predicted molar refractivity (Wildman–Crippen MR) is 167 cm³/mol. The van der Waals surface area contributed by atoms with Gasteiger partial charge in [0, 0.05) is 22.2 Å². The van der Waals surface area contributed by atoms with Crippen LogP contribution in [0.1, 0.15) is 29.9 Å². The van der Waals surface area contributed by atoms with Gasteiger partial charge in [-0.25, -0.2) is 9.79 Å². The van der Waals surface area contributed by atoms with E-state index in [1.807, 2.05) is 30.3 Å². The number of aromatic nitrogens is 1. The third-order valence-electron chi connectivity index (χ3n) is 6.66. The van der Waals surface area contributed by atoms with Crippen molar-refractivity contribution < 1.29 is 13.9 Å². The average molecular weight is 636 g/mol. The second-order valence-electron chi connectivity index (χ2n) is 9.31. The second-order valence-corrected chi connectivity index (χ2v) is 11.6. The molecule has 0 radical (unpaired) electrons. The Bertz CT molecular complexity index is 2030. The lowest BCUT2D eigenvalue weighted by molar-refractivity contribution is -0.138. The number of thiazole rings is 1. The molecule has 10 heteroatoms. The van der Waals surface area contributed by atoms with Crippen LogP contribution in [0, 0.1) is 0 Å². The molecule has 3 heterocycles. The van der Waals surface area contributed by atoms with Crippen LogP contribution >= 0.6 is 46.1 Å². The van der Waals surface area contributed by atoms with Crippen molar-refractivity contribution in [1.29, 1.82) is 0 Å². The van der Waals surface area contributed by atoms with Crippen LogP contribution in [0.15, 0.2) is 105 Å². The van der Waals surface area contributed by atoms with Crippen molar-refractivity contribution in [1.82, 2.24) is 4.57 Å². The number of benzene rings is 3. The molecule has 1 aliphatic heterocycles. The molecule has 2 aromatic heterocycles. The normalized spacial score (nSPS) is 15.0. The van der Waals surface area contributed by atoms with Crippen molar-refractivity contribution in [3.63, 3.8) is 0 Å². The van der Waals surface area contributed by atoms with Gasteiger partial charge >= 0.3 is 5.97 Å². The summed E-state index contributed by atoms with van der Waals surface area (Å²) in [4.78, 5) is 32.8. The Morgan fingerprint density at radius 3 is 2.45 bits per heavy atom. The number of hydrogen-bond acceptors (Lipinski definition) is 6.